The van der Waals surface area contributed by atoms with Gasteiger partial charge in [0.15, 0.2) is 0 Å². The van der Waals surface area contributed by atoms with Crippen LogP contribution in [0.5, 0.6) is 0 Å². The molecule has 3 rings (SSSR count). The zero-order valence-electron chi connectivity index (χ0n) is 8.29. The van der Waals surface area contributed by atoms with Gasteiger partial charge in [0.05, 0.1) is 17.6 Å². The number of H-pyrrole nitrogens is 2. The van der Waals surface area contributed by atoms with E-state index < -0.39 is 0 Å². The second-order valence-electron chi connectivity index (χ2n) is 3.61. The van der Waals surface area contributed by atoms with E-state index in [-0.39, 0.29) is 0 Å². The van der Waals surface area contributed by atoms with Crippen LogP contribution in [0, 0.1) is 0 Å². The van der Waals surface area contributed by atoms with Crippen molar-refractivity contribution in [3.63, 3.8) is 0 Å². The molecule has 2 heterocycles. The molecule has 0 unspecified atom stereocenters. The Hall–Kier alpha value is -1.75. The molecule has 4 N–H and O–H groups in total. The fourth-order valence-electron chi connectivity index (χ4n) is 1.75. The summed E-state index contributed by atoms with van der Waals surface area (Å²) in [6.07, 6.45) is 1.61. The van der Waals surface area contributed by atoms with E-state index in [1.54, 1.807) is 6.20 Å². The number of anilines is 1. The molecule has 80 valence electrons. The molecule has 0 spiro atoms. The summed E-state index contributed by atoms with van der Waals surface area (Å²) in [5.74, 6) is 0. The van der Waals surface area contributed by atoms with Crippen molar-refractivity contribution in [1.29, 1.82) is 0 Å². The standard InChI is InChI=1S/C11H9BrN4/c12-7-1-2-9-6(3-7)4-10(15-9)11-8(13)5-14-16-11/h1-5,15H,13H2,(H,14,16). The van der Waals surface area contributed by atoms with Crippen molar-refractivity contribution >= 4 is 32.5 Å². The summed E-state index contributed by atoms with van der Waals surface area (Å²) in [5.41, 5.74) is 9.30. The SMILES string of the molecule is Nc1cn[nH]c1-c1cc2cc(Br)ccc2[nH]1. The largest absolute Gasteiger partial charge is 0.396 e. The van der Waals surface area contributed by atoms with E-state index in [9.17, 15) is 0 Å². The summed E-state index contributed by atoms with van der Waals surface area (Å²) in [6, 6.07) is 8.13. The highest BCUT2D eigenvalue weighted by Gasteiger charge is 2.08. The monoisotopic (exact) mass is 276 g/mol. The number of aromatic amines is 2. The van der Waals surface area contributed by atoms with E-state index in [0.29, 0.717) is 5.69 Å². The van der Waals surface area contributed by atoms with Crippen molar-refractivity contribution in [3.05, 3.63) is 34.9 Å². The van der Waals surface area contributed by atoms with Crippen molar-refractivity contribution < 1.29 is 0 Å². The summed E-state index contributed by atoms with van der Waals surface area (Å²) in [6.45, 7) is 0. The quantitative estimate of drug-likeness (QED) is 0.640. The Bertz CT molecular complexity index is 653. The molecule has 0 bridgehead atoms. The van der Waals surface area contributed by atoms with Crippen LogP contribution in [0.3, 0.4) is 0 Å². The molecule has 0 radical (unpaired) electrons. The fraction of sp³-hybridized carbons (Fsp3) is 0. The van der Waals surface area contributed by atoms with E-state index in [1.165, 1.54) is 0 Å². The maximum atomic E-state index is 5.80. The van der Waals surface area contributed by atoms with E-state index in [1.807, 2.05) is 18.2 Å². The van der Waals surface area contributed by atoms with Crippen LogP contribution in [-0.4, -0.2) is 15.2 Å². The third-order valence-corrected chi connectivity index (χ3v) is 3.01. The molecule has 4 nitrogen and oxygen atoms in total. The Balaban J connectivity index is 2.23. The second kappa shape index (κ2) is 3.38. The van der Waals surface area contributed by atoms with Gasteiger partial charge in [-0.05, 0) is 24.3 Å². The first kappa shape index (κ1) is 9.47. The molecule has 0 saturated carbocycles. The van der Waals surface area contributed by atoms with Gasteiger partial charge in [0.1, 0.15) is 5.69 Å². The predicted octanol–water partition coefficient (Wildman–Crippen LogP) is 2.90. The number of hydrogen-bond acceptors (Lipinski definition) is 2. The Morgan fingerprint density at radius 3 is 2.88 bits per heavy atom. The highest BCUT2D eigenvalue weighted by atomic mass is 79.9. The van der Waals surface area contributed by atoms with Crippen LogP contribution in [0.4, 0.5) is 5.69 Å². The lowest BCUT2D eigenvalue weighted by Crippen LogP contribution is -1.85. The van der Waals surface area contributed by atoms with Crippen LogP contribution < -0.4 is 5.73 Å². The number of nitrogens with one attached hydrogen (secondary N) is 2. The van der Waals surface area contributed by atoms with Crippen molar-refractivity contribution in [2.75, 3.05) is 5.73 Å². The van der Waals surface area contributed by atoms with E-state index in [0.717, 1.165) is 26.8 Å². The molecule has 0 amide bonds. The molecule has 0 saturated heterocycles. The average Bonchev–Trinajstić information content (AvgIpc) is 2.82. The van der Waals surface area contributed by atoms with Crippen LogP contribution in [0.25, 0.3) is 22.3 Å². The Kier molecular flexibility index (Phi) is 2.00. The zero-order chi connectivity index (χ0) is 11.1. The van der Waals surface area contributed by atoms with Gasteiger partial charge in [0.25, 0.3) is 0 Å². The van der Waals surface area contributed by atoms with Crippen molar-refractivity contribution in [3.8, 4) is 11.4 Å². The van der Waals surface area contributed by atoms with E-state index >= 15 is 0 Å². The van der Waals surface area contributed by atoms with Crippen LogP contribution >= 0.6 is 15.9 Å². The molecule has 0 atom stereocenters. The molecule has 16 heavy (non-hydrogen) atoms. The molecule has 5 heteroatoms. The topological polar surface area (TPSA) is 70.5 Å². The molecule has 3 aromatic rings. The van der Waals surface area contributed by atoms with E-state index in [4.69, 9.17) is 5.73 Å². The van der Waals surface area contributed by atoms with Crippen LogP contribution in [0.1, 0.15) is 0 Å². The number of halogens is 1. The first-order valence-corrected chi connectivity index (χ1v) is 5.61. The first-order valence-electron chi connectivity index (χ1n) is 4.81. The number of nitrogen functional groups attached to an aromatic ring is 1. The Labute approximate surface area is 100.0 Å². The molecule has 0 aliphatic rings. The van der Waals surface area contributed by atoms with Gasteiger partial charge < -0.3 is 10.7 Å². The van der Waals surface area contributed by atoms with Crippen LogP contribution in [0.15, 0.2) is 34.9 Å². The fourth-order valence-corrected chi connectivity index (χ4v) is 2.13. The normalized spacial score (nSPS) is 11.1. The van der Waals surface area contributed by atoms with E-state index in [2.05, 4.69) is 37.2 Å². The predicted molar refractivity (Wildman–Crippen MR) is 68.0 cm³/mol. The average molecular weight is 277 g/mol. The Morgan fingerprint density at radius 2 is 2.12 bits per heavy atom. The third-order valence-electron chi connectivity index (χ3n) is 2.52. The highest BCUT2D eigenvalue weighted by Crippen LogP contribution is 2.27. The first-order chi connectivity index (χ1) is 7.74. The summed E-state index contributed by atoms with van der Waals surface area (Å²) < 4.78 is 1.06. The molecule has 0 aliphatic heterocycles. The number of benzene rings is 1. The van der Waals surface area contributed by atoms with Gasteiger partial charge in [-0.25, -0.2) is 0 Å². The smallest absolute Gasteiger partial charge is 0.104 e. The van der Waals surface area contributed by atoms with Gasteiger partial charge in [-0.15, -0.1) is 0 Å². The summed E-state index contributed by atoms with van der Waals surface area (Å²) >= 11 is 3.45. The maximum absolute atomic E-state index is 5.80. The molecule has 0 aliphatic carbocycles. The number of nitrogens with zero attached hydrogens (tertiary/aromatic N) is 1. The van der Waals surface area contributed by atoms with Gasteiger partial charge >= 0.3 is 0 Å². The number of fused-ring (bicyclic) bond motifs is 1. The minimum Gasteiger partial charge on any atom is -0.396 e. The van der Waals surface area contributed by atoms with Gasteiger partial charge in [0.2, 0.25) is 0 Å². The number of aromatic nitrogens is 3. The van der Waals surface area contributed by atoms with Crippen molar-refractivity contribution in [2.24, 2.45) is 0 Å². The summed E-state index contributed by atoms with van der Waals surface area (Å²) in [4.78, 5) is 3.29. The third kappa shape index (κ3) is 1.40. The molecule has 2 aromatic heterocycles. The lowest BCUT2D eigenvalue weighted by molar-refractivity contribution is 1.09. The number of rotatable bonds is 1. The molecule has 1 aromatic carbocycles. The molecular weight excluding hydrogens is 268 g/mol. The zero-order valence-corrected chi connectivity index (χ0v) is 9.88. The Morgan fingerprint density at radius 1 is 1.25 bits per heavy atom. The van der Waals surface area contributed by atoms with Gasteiger partial charge in [-0.1, -0.05) is 15.9 Å². The minimum absolute atomic E-state index is 0.644. The number of hydrogen-bond donors (Lipinski definition) is 3. The maximum Gasteiger partial charge on any atom is 0.104 e. The van der Waals surface area contributed by atoms with Gasteiger partial charge in [-0.2, -0.15) is 5.10 Å². The lowest BCUT2D eigenvalue weighted by Gasteiger charge is -1.93. The molecule has 0 fully saturated rings. The summed E-state index contributed by atoms with van der Waals surface area (Å²) in [5, 5.41) is 7.92. The lowest BCUT2D eigenvalue weighted by atomic mass is 10.2. The van der Waals surface area contributed by atoms with Gasteiger partial charge in [-0.3, -0.25) is 5.10 Å². The van der Waals surface area contributed by atoms with Crippen molar-refractivity contribution in [1.82, 2.24) is 15.2 Å². The van der Waals surface area contributed by atoms with Crippen LogP contribution in [0.2, 0.25) is 0 Å². The number of nitrogens with two attached hydrogens (primary N) is 1. The second-order valence-corrected chi connectivity index (χ2v) is 4.53. The minimum atomic E-state index is 0.644. The molecular formula is C11H9BrN4. The summed E-state index contributed by atoms with van der Waals surface area (Å²) in [7, 11) is 0. The van der Waals surface area contributed by atoms with Crippen molar-refractivity contribution in [2.45, 2.75) is 0 Å². The highest BCUT2D eigenvalue weighted by molar-refractivity contribution is 9.10. The van der Waals surface area contributed by atoms with Crippen LogP contribution in [-0.2, 0) is 0 Å². The van der Waals surface area contributed by atoms with Gasteiger partial charge in [0, 0.05) is 15.4 Å².